The number of aromatic amines is 1. The number of carbonyl (C=O) groups is 2. The summed E-state index contributed by atoms with van der Waals surface area (Å²) < 4.78 is 0. The van der Waals surface area contributed by atoms with Crippen LogP contribution in [0.3, 0.4) is 0 Å². The first-order valence-corrected chi connectivity index (χ1v) is 10.3. The van der Waals surface area contributed by atoms with Crippen LogP contribution in [0.2, 0.25) is 0 Å². The summed E-state index contributed by atoms with van der Waals surface area (Å²) in [6.07, 6.45) is 1.89. The molecule has 2 amide bonds. The molecule has 154 valence electrons. The van der Waals surface area contributed by atoms with Gasteiger partial charge in [-0.15, -0.1) is 0 Å². The van der Waals surface area contributed by atoms with E-state index in [9.17, 15) is 14.4 Å². The average Bonchev–Trinajstić information content (AvgIpc) is 2.76. The first-order chi connectivity index (χ1) is 14.6. The summed E-state index contributed by atoms with van der Waals surface area (Å²) in [5, 5.41) is 3.71. The van der Waals surface area contributed by atoms with Crippen molar-refractivity contribution in [1.29, 1.82) is 0 Å². The molecule has 0 spiro atoms. The Bertz CT molecular complexity index is 1140. The standard InChI is InChI=1S/C24H25N3O3/c28-22(15-20-14-18-7-3-4-9-21(18)26-24(20)30)25-12-5-10-23(29)27-13-11-17-6-1-2-8-19(17)16-27/h1-4,6-9,14H,5,10-13,15-16H2,(H,25,28)(H,26,30). The highest BCUT2D eigenvalue weighted by atomic mass is 16.2. The van der Waals surface area contributed by atoms with Gasteiger partial charge in [0.15, 0.2) is 0 Å². The van der Waals surface area contributed by atoms with Crippen LogP contribution in [-0.4, -0.2) is 34.8 Å². The number of rotatable bonds is 6. The van der Waals surface area contributed by atoms with E-state index in [4.69, 9.17) is 0 Å². The highest BCUT2D eigenvalue weighted by Gasteiger charge is 2.19. The summed E-state index contributed by atoms with van der Waals surface area (Å²) in [6.45, 7) is 1.82. The van der Waals surface area contributed by atoms with E-state index in [1.807, 2.05) is 41.3 Å². The smallest absolute Gasteiger partial charge is 0.252 e. The van der Waals surface area contributed by atoms with Gasteiger partial charge in [0.1, 0.15) is 0 Å². The molecule has 6 nitrogen and oxygen atoms in total. The minimum absolute atomic E-state index is 0.0248. The fourth-order valence-electron chi connectivity index (χ4n) is 3.89. The maximum absolute atomic E-state index is 12.5. The van der Waals surface area contributed by atoms with Crippen molar-refractivity contribution in [2.75, 3.05) is 13.1 Å². The molecule has 0 radical (unpaired) electrons. The molecule has 6 heteroatoms. The van der Waals surface area contributed by atoms with Gasteiger partial charge in [0.05, 0.1) is 6.42 Å². The van der Waals surface area contributed by atoms with Crippen LogP contribution in [0, 0.1) is 0 Å². The lowest BCUT2D eigenvalue weighted by Gasteiger charge is -2.29. The van der Waals surface area contributed by atoms with Gasteiger partial charge in [-0.1, -0.05) is 42.5 Å². The Morgan fingerprint density at radius 1 is 1.03 bits per heavy atom. The van der Waals surface area contributed by atoms with E-state index in [-0.39, 0.29) is 23.8 Å². The number of hydrogen-bond acceptors (Lipinski definition) is 3. The third-order valence-corrected chi connectivity index (χ3v) is 5.55. The molecule has 2 N–H and O–H groups in total. The normalized spacial score (nSPS) is 13.1. The summed E-state index contributed by atoms with van der Waals surface area (Å²) >= 11 is 0. The largest absolute Gasteiger partial charge is 0.356 e. The summed E-state index contributed by atoms with van der Waals surface area (Å²) in [5.74, 6) is -0.0974. The molecule has 0 saturated heterocycles. The topological polar surface area (TPSA) is 82.3 Å². The van der Waals surface area contributed by atoms with Crippen molar-refractivity contribution in [2.24, 2.45) is 0 Å². The summed E-state index contributed by atoms with van der Waals surface area (Å²) in [5.41, 5.74) is 3.48. The summed E-state index contributed by atoms with van der Waals surface area (Å²) in [6, 6.07) is 17.5. The second-order valence-corrected chi connectivity index (χ2v) is 7.68. The van der Waals surface area contributed by atoms with Crippen molar-refractivity contribution in [3.8, 4) is 0 Å². The van der Waals surface area contributed by atoms with Gasteiger partial charge in [-0.05, 0) is 41.5 Å². The van der Waals surface area contributed by atoms with Gasteiger partial charge < -0.3 is 15.2 Å². The minimum atomic E-state index is -0.246. The number of nitrogens with zero attached hydrogens (tertiary/aromatic N) is 1. The van der Waals surface area contributed by atoms with Crippen molar-refractivity contribution in [3.63, 3.8) is 0 Å². The lowest BCUT2D eigenvalue weighted by molar-refractivity contribution is -0.132. The lowest BCUT2D eigenvalue weighted by Crippen LogP contribution is -2.36. The van der Waals surface area contributed by atoms with E-state index in [0.29, 0.717) is 31.5 Å². The number of carbonyl (C=O) groups excluding carboxylic acids is 2. The second kappa shape index (κ2) is 8.95. The van der Waals surface area contributed by atoms with Crippen LogP contribution in [0.25, 0.3) is 10.9 Å². The van der Waals surface area contributed by atoms with Crippen LogP contribution < -0.4 is 10.9 Å². The lowest BCUT2D eigenvalue weighted by atomic mass is 9.99. The number of pyridine rings is 1. The summed E-state index contributed by atoms with van der Waals surface area (Å²) in [7, 11) is 0. The number of nitrogens with one attached hydrogen (secondary N) is 2. The molecule has 4 rings (SSSR count). The molecule has 30 heavy (non-hydrogen) atoms. The Morgan fingerprint density at radius 3 is 2.67 bits per heavy atom. The zero-order valence-corrected chi connectivity index (χ0v) is 16.8. The highest BCUT2D eigenvalue weighted by Crippen LogP contribution is 2.19. The van der Waals surface area contributed by atoms with Gasteiger partial charge in [-0.3, -0.25) is 14.4 Å². The molecule has 2 aromatic carbocycles. The molecule has 0 bridgehead atoms. The zero-order valence-electron chi connectivity index (χ0n) is 16.8. The van der Waals surface area contributed by atoms with Crippen LogP contribution in [-0.2, 0) is 29.0 Å². The Hall–Kier alpha value is -3.41. The second-order valence-electron chi connectivity index (χ2n) is 7.68. The van der Waals surface area contributed by atoms with Gasteiger partial charge in [0, 0.05) is 37.1 Å². The predicted octanol–water partition coefficient (Wildman–Crippen LogP) is 2.55. The molecule has 0 aliphatic carbocycles. The molecule has 0 atom stereocenters. The van der Waals surface area contributed by atoms with Crippen molar-refractivity contribution in [2.45, 2.75) is 32.2 Å². The minimum Gasteiger partial charge on any atom is -0.356 e. The van der Waals surface area contributed by atoms with Gasteiger partial charge in [-0.25, -0.2) is 0 Å². The molecule has 0 saturated carbocycles. The molecule has 1 aromatic heterocycles. The SMILES string of the molecule is O=C(Cc1cc2ccccc2[nH]c1=O)NCCCC(=O)N1CCc2ccccc2C1. The first-order valence-electron chi connectivity index (χ1n) is 10.3. The quantitative estimate of drug-likeness (QED) is 0.621. The number of fused-ring (bicyclic) bond motifs is 2. The number of para-hydroxylation sites is 1. The number of hydrogen-bond donors (Lipinski definition) is 2. The molecule has 1 aliphatic rings. The monoisotopic (exact) mass is 403 g/mol. The zero-order chi connectivity index (χ0) is 20.9. The van der Waals surface area contributed by atoms with Gasteiger partial charge in [0.2, 0.25) is 11.8 Å². The van der Waals surface area contributed by atoms with Gasteiger partial charge in [0.25, 0.3) is 5.56 Å². The van der Waals surface area contributed by atoms with Crippen LogP contribution >= 0.6 is 0 Å². The van der Waals surface area contributed by atoms with Crippen LogP contribution in [0.4, 0.5) is 0 Å². The van der Waals surface area contributed by atoms with E-state index in [1.165, 1.54) is 11.1 Å². The molecular weight excluding hydrogens is 378 g/mol. The van der Waals surface area contributed by atoms with Crippen LogP contribution in [0.5, 0.6) is 0 Å². The van der Waals surface area contributed by atoms with E-state index < -0.39 is 0 Å². The van der Waals surface area contributed by atoms with Gasteiger partial charge >= 0.3 is 0 Å². The van der Waals surface area contributed by atoms with Crippen molar-refractivity contribution < 1.29 is 9.59 Å². The fraction of sp³-hybridized carbons (Fsp3) is 0.292. The van der Waals surface area contributed by atoms with Crippen LogP contribution in [0.1, 0.15) is 29.5 Å². The van der Waals surface area contributed by atoms with Crippen LogP contribution in [0.15, 0.2) is 59.4 Å². The van der Waals surface area contributed by atoms with E-state index in [1.54, 1.807) is 6.07 Å². The predicted molar refractivity (Wildman–Crippen MR) is 116 cm³/mol. The maximum atomic E-state index is 12.5. The third kappa shape index (κ3) is 4.59. The maximum Gasteiger partial charge on any atom is 0.252 e. The molecule has 0 fully saturated rings. The Balaban J connectivity index is 1.23. The van der Waals surface area contributed by atoms with E-state index in [0.717, 1.165) is 23.9 Å². The molecule has 2 heterocycles. The molecule has 0 unspecified atom stereocenters. The highest BCUT2D eigenvalue weighted by molar-refractivity contribution is 5.82. The number of benzene rings is 2. The summed E-state index contributed by atoms with van der Waals surface area (Å²) in [4.78, 5) is 41.6. The number of aromatic nitrogens is 1. The van der Waals surface area contributed by atoms with E-state index >= 15 is 0 Å². The van der Waals surface area contributed by atoms with Crippen molar-refractivity contribution >= 4 is 22.7 Å². The molecule has 3 aromatic rings. The fourth-order valence-corrected chi connectivity index (χ4v) is 3.89. The number of amides is 2. The van der Waals surface area contributed by atoms with E-state index in [2.05, 4.69) is 22.4 Å². The Kier molecular flexibility index (Phi) is 5.93. The molecule has 1 aliphatic heterocycles. The Morgan fingerprint density at radius 2 is 1.80 bits per heavy atom. The third-order valence-electron chi connectivity index (χ3n) is 5.55. The average molecular weight is 403 g/mol. The van der Waals surface area contributed by atoms with Gasteiger partial charge in [-0.2, -0.15) is 0 Å². The number of H-pyrrole nitrogens is 1. The Labute approximate surface area is 174 Å². The molecular formula is C24H25N3O3. The van der Waals surface area contributed by atoms with Crippen molar-refractivity contribution in [1.82, 2.24) is 15.2 Å². The van der Waals surface area contributed by atoms with Crippen molar-refractivity contribution in [3.05, 3.63) is 81.6 Å². The first kappa shape index (κ1) is 19.9.